The van der Waals surface area contributed by atoms with Crippen molar-refractivity contribution in [3.8, 4) is 6.07 Å². The SMILES string of the molecule is C[C@H](C#N)CSc1ccccc1NC(=O)[C@@H](C)n1cnc2ccccc21. The highest BCUT2D eigenvalue weighted by atomic mass is 32.2. The van der Waals surface area contributed by atoms with Gasteiger partial charge in [-0.25, -0.2) is 4.98 Å². The van der Waals surface area contributed by atoms with Crippen molar-refractivity contribution in [2.24, 2.45) is 5.92 Å². The molecule has 6 heteroatoms. The average Bonchev–Trinajstić information content (AvgIpc) is 3.10. The second-order valence-corrected chi connectivity index (χ2v) is 7.20. The summed E-state index contributed by atoms with van der Waals surface area (Å²) in [5.41, 5.74) is 2.57. The second-order valence-electron chi connectivity index (χ2n) is 6.14. The van der Waals surface area contributed by atoms with Crippen LogP contribution < -0.4 is 5.32 Å². The number of imidazole rings is 1. The number of para-hydroxylation sites is 3. The van der Waals surface area contributed by atoms with Crippen molar-refractivity contribution in [2.75, 3.05) is 11.1 Å². The Morgan fingerprint density at radius 2 is 1.96 bits per heavy atom. The van der Waals surface area contributed by atoms with E-state index in [0.717, 1.165) is 21.6 Å². The van der Waals surface area contributed by atoms with Gasteiger partial charge in [-0.2, -0.15) is 5.26 Å². The summed E-state index contributed by atoms with van der Waals surface area (Å²) in [6.45, 7) is 3.75. The Bertz CT molecular complexity index is 960. The van der Waals surface area contributed by atoms with E-state index >= 15 is 0 Å². The second kappa shape index (κ2) is 8.07. The molecule has 5 nitrogen and oxygen atoms in total. The van der Waals surface area contributed by atoms with E-state index in [0.29, 0.717) is 5.75 Å². The van der Waals surface area contributed by atoms with Crippen molar-refractivity contribution < 1.29 is 4.79 Å². The van der Waals surface area contributed by atoms with Crippen LogP contribution in [-0.4, -0.2) is 21.2 Å². The largest absolute Gasteiger partial charge is 0.323 e. The third kappa shape index (κ3) is 3.89. The lowest BCUT2D eigenvalue weighted by Gasteiger charge is -2.16. The standard InChI is InChI=1S/C20H20N4OS/c1-14(11-21)12-26-19-10-6-4-8-17(19)23-20(25)15(2)24-13-22-16-7-3-5-9-18(16)24/h3-10,13-15H,12H2,1-2H3,(H,23,25)/t14-,15-/m1/s1. The molecular formula is C20H20N4OS. The van der Waals surface area contributed by atoms with Crippen molar-refractivity contribution in [1.82, 2.24) is 9.55 Å². The number of hydrogen-bond acceptors (Lipinski definition) is 4. The van der Waals surface area contributed by atoms with Gasteiger partial charge in [0.2, 0.25) is 5.91 Å². The van der Waals surface area contributed by atoms with Gasteiger partial charge in [-0.3, -0.25) is 4.79 Å². The van der Waals surface area contributed by atoms with Crippen LogP contribution in [0.25, 0.3) is 11.0 Å². The molecule has 1 aromatic heterocycles. The molecular weight excluding hydrogens is 344 g/mol. The van der Waals surface area contributed by atoms with Crippen molar-refractivity contribution >= 4 is 34.4 Å². The van der Waals surface area contributed by atoms with Crippen molar-refractivity contribution in [3.63, 3.8) is 0 Å². The fourth-order valence-corrected chi connectivity index (χ4v) is 3.55. The van der Waals surface area contributed by atoms with E-state index in [-0.39, 0.29) is 11.8 Å². The molecule has 26 heavy (non-hydrogen) atoms. The summed E-state index contributed by atoms with van der Waals surface area (Å²) in [5, 5.41) is 12.0. The average molecular weight is 364 g/mol. The number of thioether (sulfide) groups is 1. The number of nitriles is 1. The first-order valence-electron chi connectivity index (χ1n) is 8.44. The molecule has 1 N–H and O–H groups in total. The summed E-state index contributed by atoms with van der Waals surface area (Å²) < 4.78 is 1.87. The van der Waals surface area contributed by atoms with Crippen molar-refractivity contribution in [2.45, 2.75) is 24.8 Å². The Morgan fingerprint density at radius 3 is 2.77 bits per heavy atom. The van der Waals surface area contributed by atoms with Crippen molar-refractivity contribution in [1.29, 1.82) is 5.26 Å². The Balaban J connectivity index is 1.77. The lowest BCUT2D eigenvalue weighted by Crippen LogP contribution is -2.23. The number of hydrogen-bond donors (Lipinski definition) is 1. The zero-order valence-electron chi connectivity index (χ0n) is 14.7. The van der Waals surface area contributed by atoms with Crippen LogP contribution in [-0.2, 0) is 4.79 Å². The maximum absolute atomic E-state index is 12.8. The van der Waals surface area contributed by atoms with Gasteiger partial charge >= 0.3 is 0 Å². The molecule has 0 unspecified atom stereocenters. The predicted molar refractivity (Wildman–Crippen MR) is 105 cm³/mol. The Kier molecular flexibility index (Phi) is 5.59. The van der Waals surface area contributed by atoms with E-state index in [2.05, 4.69) is 16.4 Å². The molecule has 132 valence electrons. The van der Waals surface area contributed by atoms with Crippen LogP contribution in [0.5, 0.6) is 0 Å². The van der Waals surface area contributed by atoms with Crippen LogP contribution in [0.3, 0.4) is 0 Å². The van der Waals surface area contributed by atoms with Crippen LogP contribution in [0, 0.1) is 17.2 Å². The first-order valence-corrected chi connectivity index (χ1v) is 9.42. The lowest BCUT2D eigenvalue weighted by atomic mass is 10.2. The number of anilines is 1. The van der Waals surface area contributed by atoms with Crippen LogP contribution in [0.1, 0.15) is 19.9 Å². The topological polar surface area (TPSA) is 70.7 Å². The molecule has 1 heterocycles. The summed E-state index contributed by atoms with van der Waals surface area (Å²) in [7, 11) is 0. The highest BCUT2D eigenvalue weighted by Crippen LogP contribution is 2.29. The number of amides is 1. The highest BCUT2D eigenvalue weighted by molar-refractivity contribution is 7.99. The molecule has 0 saturated heterocycles. The van der Waals surface area contributed by atoms with Crippen LogP contribution in [0.15, 0.2) is 59.8 Å². The fraction of sp³-hybridized carbons (Fsp3) is 0.250. The first-order chi connectivity index (χ1) is 12.6. The zero-order chi connectivity index (χ0) is 18.5. The van der Waals surface area contributed by atoms with E-state index < -0.39 is 6.04 Å². The number of rotatable bonds is 6. The molecule has 0 aliphatic rings. The molecule has 0 saturated carbocycles. The maximum Gasteiger partial charge on any atom is 0.247 e. The summed E-state index contributed by atoms with van der Waals surface area (Å²) in [4.78, 5) is 18.1. The number of carbonyl (C=O) groups excluding carboxylic acids is 1. The Morgan fingerprint density at radius 1 is 1.23 bits per heavy atom. The molecule has 0 fully saturated rings. The van der Waals surface area contributed by atoms with Gasteiger partial charge in [0.15, 0.2) is 0 Å². The Hall–Kier alpha value is -2.78. The van der Waals surface area contributed by atoms with Crippen LogP contribution >= 0.6 is 11.8 Å². The van der Waals surface area contributed by atoms with Gasteiger partial charge in [-0.1, -0.05) is 24.3 Å². The van der Waals surface area contributed by atoms with Crippen LogP contribution in [0.4, 0.5) is 5.69 Å². The molecule has 0 aliphatic carbocycles. The quantitative estimate of drug-likeness (QED) is 0.654. The maximum atomic E-state index is 12.8. The minimum Gasteiger partial charge on any atom is -0.323 e. The molecule has 3 aromatic rings. The molecule has 0 spiro atoms. The summed E-state index contributed by atoms with van der Waals surface area (Å²) >= 11 is 1.58. The predicted octanol–water partition coefficient (Wildman–Crippen LogP) is 4.49. The Labute approximate surface area is 157 Å². The first kappa shape index (κ1) is 18.0. The third-order valence-corrected chi connectivity index (χ3v) is 5.47. The molecule has 2 atom stereocenters. The van der Waals surface area contributed by atoms with Gasteiger partial charge in [-0.05, 0) is 38.1 Å². The summed E-state index contributed by atoms with van der Waals surface area (Å²) in [5.74, 6) is 0.542. The van der Waals surface area contributed by atoms with E-state index in [9.17, 15) is 4.79 Å². The smallest absolute Gasteiger partial charge is 0.247 e. The van der Waals surface area contributed by atoms with Crippen molar-refractivity contribution in [3.05, 3.63) is 54.9 Å². The van der Waals surface area contributed by atoms with Gasteiger partial charge < -0.3 is 9.88 Å². The monoisotopic (exact) mass is 364 g/mol. The number of nitrogens with one attached hydrogen (secondary N) is 1. The normalized spacial score (nSPS) is 13.1. The van der Waals surface area contributed by atoms with E-state index in [1.54, 1.807) is 18.1 Å². The zero-order valence-corrected chi connectivity index (χ0v) is 15.5. The van der Waals surface area contributed by atoms with E-state index in [4.69, 9.17) is 5.26 Å². The minimum absolute atomic E-state index is 0.0417. The molecule has 0 bridgehead atoms. The molecule has 1 amide bonds. The van der Waals surface area contributed by atoms with Gasteiger partial charge in [0.1, 0.15) is 6.04 Å². The fourth-order valence-electron chi connectivity index (χ4n) is 2.60. The summed E-state index contributed by atoms with van der Waals surface area (Å²) in [6, 6.07) is 17.3. The number of fused-ring (bicyclic) bond motifs is 1. The van der Waals surface area contributed by atoms with Gasteiger partial charge in [0.05, 0.1) is 35.0 Å². The van der Waals surface area contributed by atoms with E-state index in [1.165, 1.54) is 0 Å². The molecule has 0 radical (unpaired) electrons. The van der Waals surface area contributed by atoms with Gasteiger partial charge in [0, 0.05) is 10.6 Å². The molecule has 2 aromatic carbocycles. The van der Waals surface area contributed by atoms with Gasteiger partial charge in [-0.15, -0.1) is 11.8 Å². The van der Waals surface area contributed by atoms with Gasteiger partial charge in [0.25, 0.3) is 0 Å². The number of nitrogens with zero attached hydrogens (tertiary/aromatic N) is 3. The number of benzene rings is 2. The third-order valence-electron chi connectivity index (χ3n) is 4.13. The highest BCUT2D eigenvalue weighted by Gasteiger charge is 2.18. The molecule has 3 rings (SSSR count). The summed E-state index contributed by atoms with van der Waals surface area (Å²) in [6.07, 6.45) is 1.70. The number of aromatic nitrogens is 2. The lowest BCUT2D eigenvalue weighted by molar-refractivity contribution is -0.118. The number of carbonyl (C=O) groups is 1. The van der Waals surface area contributed by atoms with Crippen LogP contribution in [0.2, 0.25) is 0 Å². The molecule has 0 aliphatic heterocycles. The minimum atomic E-state index is -0.390. The van der Waals surface area contributed by atoms with E-state index in [1.807, 2.05) is 66.9 Å².